The Morgan fingerprint density at radius 3 is 2.11 bits per heavy atom. The second kappa shape index (κ2) is 7.53. The molecule has 0 saturated carbocycles. The average Bonchev–Trinajstić information content (AvgIpc) is 2.24. The lowest BCUT2D eigenvalue weighted by molar-refractivity contribution is -0.127. The molecule has 0 aromatic rings. The number of amides is 1. The Morgan fingerprint density at radius 2 is 1.72 bits per heavy atom. The fraction of sp³-hybridized carbons (Fsp3) is 0.750. The number of allylic oxidation sites excluding steroid dienone is 1. The Labute approximate surface area is 110 Å². The van der Waals surface area contributed by atoms with Crippen LogP contribution in [0.2, 0.25) is 0 Å². The van der Waals surface area contributed by atoms with Gasteiger partial charge >= 0.3 is 0 Å². The van der Waals surface area contributed by atoms with Crippen molar-refractivity contribution in [2.24, 2.45) is 0 Å². The number of carbonyl (C=O) groups excluding carboxylic acids is 1. The normalized spacial score (nSPS) is 11.2. The third-order valence-electron chi connectivity index (χ3n) is 2.68. The maximum absolute atomic E-state index is 12.1. The molecule has 0 rings (SSSR count). The standard InChI is InChI=1S/C12H23NO4S/c1-5-7-13(8-6-9-18(15,16)17)12(14)11(4)10(2)3/h5-9H2,1-4H3,(H,15,16,17). The van der Waals surface area contributed by atoms with Gasteiger partial charge in [-0.05, 0) is 33.6 Å². The van der Waals surface area contributed by atoms with E-state index < -0.39 is 10.1 Å². The minimum Gasteiger partial charge on any atom is -0.339 e. The molecule has 5 nitrogen and oxygen atoms in total. The molecule has 0 bridgehead atoms. The van der Waals surface area contributed by atoms with Gasteiger partial charge in [-0.25, -0.2) is 0 Å². The molecule has 1 N–H and O–H groups in total. The van der Waals surface area contributed by atoms with Crippen LogP contribution < -0.4 is 0 Å². The van der Waals surface area contributed by atoms with E-state index in [-0.39, 0.29) is 18.1 Å². The van der Waals surface area contributed by atoms with E-state index in [1.54, 1.807) is 11.8 Å². The van der Waals surface area contributed by atoms with Crippen molar-refractivity contribution < 1.29 is 17.8 Å². The summed E-state index contributed by atoms with van der Waals surface area (Å²) in [4.78, 5) is 13.7. The first kappa shape index (κ1) is 17.1. The predicted octanol–water partition coefficient (Wildman–Crippen LogP) is 1.86. The summed E-state index contributed by atoms with van der Waals surface area (Å²) in [5.74, 6) is -0.374. The monoisotopic (exact) mass is 277 g/mol. The quantitative estimate of drug-likeness (QED) is 0.569. The predicted molar refractivity (Wildman–Crippen MR) is 72.0 cm³/mol. The molecular weight excluding hydrogens is 254 g/mol. The fourth-order valence-electron chi connectivity index (χ4n) is 1.47. The number of rotatable bonds is 7. The van der Waals surface area contributed by atoms with Crippen LogP contribution in [0.15, 0.2) is 11.1 Å². The van der Waals surface area contributed by atoms with Crippen LogP contribution in [0.3, 0.4) is 0 Å². The highest BCUT2D eigenvalue weighted by atomic mass is 32.2. The molecule has 0 fully saturated rings. The summed E-state index contributed by atoms with van der Waals surface area (Å²) in [6.45, 7) is 8.40. The molecule has 0 saturated heterocycles. The number of nitrogens with zero attached hydrogens (tertiary/aromatic N) is 1. The van der Waals surface area contributed by atoms with Crippen molar-refractivity contribution in [2.75, 3.05) is 18.8 Å². The van der Waals surface area contributed by atoms with Crippen molar-refractivity contribution in [3.63, 3.8) is 0 Å². The van der Waals surface area contributed by atoms with Crippen molar-refractivity contribution in [3.05, 3.63) is 11.1 Å². The molecule has 106 valence electrons. The summed E-state index contributed by atoms with van der Waals surface area (Å²) in [6.07, 6.45) is 1.06. The Balaban J connectivity index is 4.58. The summed E-state index contributed by atoms with van der Waals surface area (Å²) >= 11 is 0. The highest BCUT2D eigenvalue weighted by Gasteiger charge is 2.16. The third kappa shape index (κ3) is 6.76. The topological polar surface area (TPSA) is 74.7 Å². The average molecular weight is 277 g/mol. The van der Waals surface area contributed by atoms with Gasteiger partial charge in [0.2, 0.25) is 5.91 Å². The minimum atomic E-state index is -3.95. The molecule has 0 atom stereocenters. The highest BCUT2D eigenvalue weighted by molar-refractivity contribution is 7.85. The largest absolute Gasteiger partial charge is 0.339 e. The number of hydrogen-bond donors (Lipinski definition) is 1. The van der Waals surface area contributed by atoms with Gasteiger partial charge in [0.15, 0.2) is 0 Å². The zero-order chi connectivity index (χ0) is 14.3. The summed E-state index contributed by atoms with van der Waals surface area (Å²) in [7, 11) is -3.95. The van der Waals surface area contributed by atoms with Gasteiger partial charge < -0.3 is 4.90 Å². The van der Waals surface area contributed by atoms with E-state index in [4.69, 9.17) is 4.55 Å². The van der Waals surface area contributed by atoms with E-state index in [1.165, 1.54) is 0 Å². The van der Waals surface area contributed by atoms with E-state index in [1.807, 2.05) is 20.8 Å². The lowest BCUT2D eigenvalue weighted by Crippen LogP contribution is -2.34. The van der Waals surface area contributed by atoms with Crippen LogP contribution in [0.4, 0.5) is 0 Å². The third-order valence-corrected chi connectivity index (χ3v) is 3.49. The van der Waals surface area contributed by atoms with Crippen molar-refractivity contribution in [3.8, 4) is 0 Å². The summed E-state index contributed by atoms with van der Waals surface area (Å²) < 4.78 is 29.9. The van der Waals surface area contributed by atoms with Crippen LogP contribution >= 0.6 is 0 Å². The first-order valence-corrected chi connectivity index (χ1v) is 7.68. The molecule has 0 aliphatic rings. The second-order valence-corrected chi connectivity index (χ2v) is 6.13. The minimum absolute atomic E-state index is 0.0628. The summed E-state index contributed by atoms with van der Waals surface area (Å²) in [5.41, 5.74) is 1.64. The molecule has 1 amide bonds. The smallest absolute Gasteiger partial charge is 0.264 e. The van der Waals surface area contributed by atoms with Gasteiger partial charge in [0.05, 0.1) is 5.75 Å². The van der Waals surface area contributed by atoms with Gasteiger partial charge in [0, 0.05) is 18.7 Å². The highest BCUT2D eigenvalue weighted by Crippen LogP contribution is 2.08. The molecule has 6 heteroatoms. The summed E-state index contributed by atoms with van der Waals surface area (Å²) in [5, 5.41) is 0. The lowest BCUT2D eigenvalue weighted by atomic mass is 10.1. The Hall–Kier alpha value is -0.880. The van der Waals surface area contributed by atoms with Gasteiger partial charge in [-0.15, -0.1) is 0 Å². The molecule has 0 aromatic carbocycles. The molecule has 0 aliphatic carbocycles. The van der Waals surface area contributed by atoms with Gasteiger partial charge in [-0.1, -0.05) is 12.5 Å². The van der Waals surface area contributed by atoms with Crippen LogP contribution in [0.25, 0.3) is 0 Å². The molecule has 0 heterocycles. The molecule has 0 spiro atoms. The first-order valence-electron chi connectivity index (χ1n) is 6.07. The maximum atomic E-state index is 12.1. The molecule has 18 heavy (non-hydrogen) atoms. The lowest BCUT2D eigenvalue weighted by Gasteiger charge is -2.22. The first-order chi connectivity index (χ1) is 8.19. The van der Waals surface area contributed by atoms with Gasteiger partial charge in [0.25, 0.3) is 10.1 Å². The molecule has 0 aromatic heterocycles. The molecule has 0 radical (unpaired) electrons. The number of carbonyl (C=O) groups is 1. The fourth-order valence-corrected chi connectivity index (χ4v) is 1.97. The van der Waals surface area contributed by atoms with Crippen LogP contribution in [-0.4, -0.2) is 42.6 Å². The summed E-state index contributed by atoms with van der Waals surface area (Å²) in [6, 6.07) is 0. The van der Waals surface area contributed by atoms with Crippen LogP contribution in [0.5, 0.6) is 0 Å². The maximum Gasteiger partial charge on any atom is 0.264 e. The Morgan fingerprint density at radius 1 is 1.17 bits per heavy atom. The van der Waals surface area contributed by atoms with Crippen molar-refractivity contribution in [1.29, 1.82) is 0 Å². The van der Waals surface area contributed by atoms with Crippen molar-refractivity contribution >= 4 is 16.0 Å². The second-order valence-electron chi connectivity index (χ2n) is 4.56. The number of hydrogen-bond acceptors (Lipinski definition) is 3. The van der Waals surface area contributed by atoms with Crippen molar-refractivity contribution in [1.82, 2.24) is 4.90 Å². The van der Waals surface area contributed by atoms with Crippen LogP contribution in [-0.2, 0) is 14.9 Å². The zero-order valence-corrected chi connectivity index (χ0v) is 12.4. The van der Waals surface area contributed by atoms with E-state index in [0.29, 0.717) is 18.7 Å². The van der Waals surface area contributed by atoms with Crippen molar-refractivity contribution in [2.45, 2.75) is 40.5 Å². The Bertz CT molecular complexity index is 408. The Kier molecular flexibility index (Phi) is 7.16. The molecule has 0 aliphatic heterocycles. The van der Waals surface area contributed by atoms with Gasteiger partial charge in [-0.3, -0.25) is 9.35 Å². The van der Waals surface area contributed by atoms with E-state index >= 15 is 0 Å². The van der Waals surface area contributed by atoms with E-state index in [0.717, 1.165) is 12.0 Å². The van der Waals surface area contributed by atoms with Crippen LogP contribution in [0, 0.1) is 0 Å². The van der Waals surface area contributed by atoms with Gasteiger partial charge in [-0.2, -0.15) is 8.42 Å². The molecule has 0 unspecified atom stereocenters. The zero-order valence-electron chi connectivity index (χ0n) is 11.6. The van der Waals surface area contributed by atoms with E-state index in [9.17, 15) is 13.2 Å². The van der Waals surface area contributed by atoms with E-state index in [2.05, 4.69) is 0 Å². The van der Waals surface area contributed by atoms with Crippen LogP contribution in [0.1, 0.15) is 40.5 Å². The SMILES string of the molecule is CCCN(CCCS(=O)(=O)O)C(=O)C(C)=C(C)C. The molecular formula is C12H23NO4S. The van der Waals surface area contributed by atoms with Gasteiger partial charge in [0.1, 0.15) is 0 Å².